The quantitative estimate of drug-likeness (QED) is 0.245. The van der Waals surface area contributed by atoms with E-state index in [9.17, 15) is 0 Å². The Hall–Kier alpha value is -1.66. The van der Waals surface area contributed by atoms with Gasteiger partial charge in [0.05, 0.1) is 12.3 Å². The first-order valence-corrected chi connectivity index (χ1v) is 5.97. The Kier molecular flexibility index (Phi) is 6.10. The fourth-order valence-corrected chi connectivity index (χ4v) is 1.42. The van der Waals surface area contributed by atoms with Crippen molar-refractivity contribution in [1.82, 2.24) is 10.7 Å². The van der Waals surface area contributed by atoms with E-state index in [4.69, 9.17) is 22.7 Å². The molecule has 0 aliphatic carbocycles. The highest BCUT2D eigenvalue weighted by molar-refractivity contribution is 7.80. The molecule has 0 atom stereocenters. The van der Waals surface area contributed by atoms with E-state index in [1.165, 1.54) is 0 Å². The topological polar surface area (TPSA) is 71.7 Å². The smallest absolute Gasteiger partial charge is 0.187 e. The van der Waals surface area contributed by atoms with Crippen molar-refractivity contribution in [2.24, 2.45) is 5.10 Å². The number of hydrogen-bond acceptors (Lipinski definition) is 4. The van der Waals surface area contributed by atoms with Crippen LogP contribution in [0.5, 0.6) is 0 Å². The summed E-state index contributed by atoms with van der Waals surface area (Å²) in [7, 11) is 1.64. The van der Waals surface area contributed by atoms with Gasteiger partial charge in [0.25, 0.3) is 0 Å². The Morgan fingerprint density at radius 3 is 2.94 bits per heavy atom. The summed E-state index contributed by atoms with van der Waals surface area (Å²) >= 11 is 5.05. The van der Waals surface area contributed by atoms with Crippen LogP contribution in [0.25, 0.3) is 0 Å². The molecule has 5 nitrogen and oxygen atoms in total. The van der Waals surface area contributed by atoms with E-state index >= 15 is 0 Å². The van der Waals surface area contributed by atoms with Gasteiger partial charge in [-0.15, -0.1) is 0 Å². The van der Waals surface area contributed by atoms with Gasteiger partial charge in [-0.3, -0.25) is 5.43 Å². The van der Waals surface area contributed by atoms with Crippen molar-refractivity contribution in [3.8, 4) is 0 Å². The lowest BCUT2D eigenvalue weighted by atomic mass is 10.1. The minimum atomic E-state index is 0.468. The lowest BCUT2D eigenvalue weighted by Gasteiger charge is -2.07. The van der Waals surface area contributed by atoms with Crippen molar-refractivity contribution in [1.29, 1.82) is 0 Å². The number of nitrogens with two attached hydrogens (primary N) is 1. The van der Waals surface area contributed by atoms with Crippen LogP contribution >= 0.6 is 12.2 Å². The van der Waals surface area contributed by atoms with Crippen LogP contribution in [0.3, 0.4) is 0 Å². The molecule has 4 N–H and O–H groups in total. The van der Waals surface area contributed by atoms with Crippen LogP contribution in [0, 0.1) is 0 Å². The number of anilines is 1. The maximum absolute atomic E-state index is 5.71. The number of methoxy groups -OCH3 is 1. The number of ether oxygens (including phenoxy) is 1. The summed E-state index contributed by atoms with van der Waals surface area (Å²) in [5, 5.41) is 7.61. The van der Waals surface area contributed by atoms with Crippen molar-refractivity contribution in [3.63, 3.8) is 0 Å². The monoisotopic (exact) mass is 266 g/mol. The normalized spacial score (nSPS) is 11.1. The zero-order valence-corrected chi connectivity index (χ0v) is 11.4. The number of benzene rings is 1. The third-order valence-electron chi connectivity index (χ3n) is 2.22. The van der Waals surface area contributed by atoms with E-state index in [1.54, 1.807) is 7.11 Å². The summed E-state index contributed by atoms with van der Waals surface area (Å²) in [5.41, 5.74) is 11.0. The van der Waals surface area contributed by atoms with E-state index < -0.39 is 0 Å². The number of hydrogen-bond donors (Lipinski definition) is 3. The van der Waals surface area contributed by atoms with E-state index in [0.717, 1.165) is 11.3 Å². The highest BCUT2D eigenvalue weighted by Crippen LogP contribution is 2.07. The van der Waals surface area contributed by atoms with Crippen LogP contribution in [0.15, 0.2) is 29.4 Å². The van der Waals surface area contributed by atoms with Crippen LogP contribution in [-0.4, -0.2) is 31.1 Å². The maximum Gasteiger partial charge on any atom is 0.187 e. The molecule has 0 unspecified atom stereocenters. The van der Waals surface area contributed by atoms with E-state index in [1.807, 2.05) is 31.2 Å². The van der Waals surface area contributed by atoms with Crippen molar-refractivity contribution in [2.75, 3.05) is 26.0 Å². The van der Waals surface area contributed by atoms with Crippen LogP contribution in [0.4, 0.5) is 5.69 Å². The molecule has 0 aliphatic heterocycles. The van der Waals surface area contributed by atoms with Gasteiger partial charge in [-0.1, -0.05) is 12.1 Å². The third kappa shape index (κ3) is 5.11. The van der Waals surface area contributed by atoms with Gasteiger partial charge < -0.3 is 15.8 Å². The first-order chi connectivity index (χ1) is 8.63. The fraction of sp³-hybridized carbons (Fsp3) is 0.333. The minimum Gasteiger partial charge on any atom is -0.399 e. The highest BCUT2D eigenvalue weighted by atomic mass is 32.1. The number of hydrazone groups is 1. The van der Waals surface area contributed by atoms with Crippen molar-refractivity contribution in [2.45, 2.75) is 6.92 Å². The van der Waals surface area contributed by atoms with Crippen molar-refractivity contribution < 1.29 is 4.74 Å². The molecule has 0 spiro atoms. The average molecular weight is 266 g/mol. The van der Waals surface area contributed by atoms with Crippen molar-refractivity contribution >= 4 is 28.7 Å². The molecular formula is C12H18N4OS. The van der Waals surface area contributed by atoms with E-state index in [-0.39, 0.29) is 0 Å². The standard InChI is InChI=1S/C12H18N4OS/c1-9(10-4-3-5-11(13)8-10)15-16-12(18)14-6-7-17-2/h3-5,8H,6-7,13H2,1-2H3,(H2,14,16,18)/b15-9+. The Bertz CT molecular complexity index is 434. The maximum atomic E-state index is 5.71. The second kappa shape index (κ2) is 7.62. The van der Waals surface area contributed by atoms with E-state index in [0.29, 0.717) is 24.0 Å². The number of thiocarbonyl (C=S) groups is 1. The Labute approximate surface area is 112 Å². The largest absolute Gasteiger partial charge is 0.399 e. The van der Waals surface area contributed by atoms with Crippen molar-refractivity contribution in [3.05, 3.63) is 29.8 Å². The van der Waals surface area contributed by atoms with Gasteiger partial charge in [0.1, 0.15) is 0 Å². The zero-order chi connectivity index (χ0) is 13.4. The van der Waals surface area contributed by atoms with Crippen LogP contribution in [0.2, 0.25) is 0 Å². The van der Waals surface area contributed by atoms with E-state index in [2.05, 4.69) is 15.8 Å². The fourth-order valence-electron chi connectivity index (χ4n) is 1.27. The number of rotatable bonds is 5. The summed E-state index contributed by atoms with van der Waals surface area (Å²) in [5.74, 6) is 0. The van der Waals surface area contributed by atoms with Gasteiger partial charge in [0.15, 0.2) is 5.11 Å². The molecule has 0 amide bonds. The second-order valence-corrected chi connectivity index (χ2v) is 4.09. The lowest BCUT2D eigenvalue weighted by Crippen LogP contribution is -2.34. The van der Waals surface area contributed by atoms with Gasteiger partial charge in [0.2, 0.25) is 0 Å². The molecular weight excluding hydrogens is 248 g/mol. The first kappa shape index (κ1) is 14.4. The molecule has 0 saturated heterocycles. The predicted octanol–water partition coefficient (Wildman–Crippen LogP) is 1.10. The minimum absolute atomic E-state index is 0.468. The number of nitrogen functional groups attached to an aromatic ring is 1. The summed E-state index contributed by atoms with van der Waals surface area (Å²) in [6.07, 6.45) is 0. The molecule has 18 heavy (non-hydrogen) atoms. The molecule has 0 heterocycles. The zero-order valence-electron chi connectivity index (χ0n) is 10.6. The molecule has 0 fully saturated rings. The van der Waals surface area contributed by atoms with Crippen LogP contribution in [-0.2, 0) is 4.74 Å². The number of nitrogens with one attached hydrogen (secondary N) is 2. The molecule has 0 aromatic heterocycles. The summed E-state index contributed by atoms with van der Waals surface area (Å²) in [6.45, 7) is 3.13. The molecule has 0 bridgehead atoms. The molecule has 1 aromatic rings. The molecule has 0 aliphatic rings. The molecule has 1 aromatic carbocycles. The second-order valence-electron chi connectivity index (χ2n) is 3.68. The number of nitrogens with zero attached hydrogens (tertiary/aromatic N) is 1. The van der Waals surface area contributed by atoms with Gasteiger partial charge in [0, 0.05) is 19.3 Å². The highest BCUT2D eigenvalue weighted by Gasteiger charge is 1.98. The molecule has 1 rings (SSSR count). The first-order valence-electron chi connectivity index (χ1n) is 5.56. The predicted molar refractivity (Wildman–Crippen MR) is 78.7 cm³/mol. The van der Waals surface area contributed by atoms with Gasteiger partial charge >= 0.3 is 0 Å². The summed E-state index contributed by atoms with van der Waals surface area (Å²) in [4.78, 5) is 0. The molecule has 6 heteroatoms. The van der Waals surface area contributed by atoms with Gasteiger partial charge in [-0.05, 0) is 36.8 Å². The Morgan fingerprint density at radius 2 is 2.28 bits per heavy atom. The molecule has 98 valence electrons. The Morgan fingerprint density at radius 1 is 1.50 bits per heavy atom. The molecule has 0 radical (unpaired) electrons. The Balaban J connectivity index is 2.49. The third-order valence-corrected chi connectivity index (χ3v) is 2.46. The summed E-state index contributed by atoms with van der Waals surface area (Å²) in [6, 6.07) is 7.53. The molecule has 0 saturated carbocycles. The van der Waals surface area contributed by atoms with Crippen LogP contribution in [0.1, 0.15) is 12.5 Å². The summed E-state index contributed by atoms with van der Waals surface area (Å²) < 4.78 is 4.90. The van der Waals surface area contributed by atoms with Gasteiger partial charge in [-0.25, -0.2) is 0 Å². The van der Waals surface area contributed by atoms with Gasteiger partial charge in [-0.2, -0.15) is 5.10 Å². The average Bonchev–Trinajstić information content (AvgIpc) is 2.36. The SMILES string of the molecule is COCCNC(=S)N/N=C(\C)c1cccc(N)c1. The van der Waals surface area contributed by atoms with Crippen LogP contribution < -0.4 is 16.5 Å². The lowest BCUT2D eigenvalue weighted by molar-refractivity contribution is 0.204.